The zero-order chi connectivity index (χ0) is 20.5. The molecule has 0 saturated heterocycles. The molecule has 0 aliphatic rings. The summed E-state index contributed by atoms with van der Waals surface area (Å²) in [5, 5.41) is 12.9. The lowest BCUT2D eigenvalue weighted by Gasteiger charge is -2.16. The molecule has 6 heteroatoms. The Balaban J connectivity index is 1.36. The molecular formula is C23H23N3O2S. The number of benzene rings is 2. The average Bonchev–Trinajstić information content (AvgIpc) is 3.23. The average molecular weight is 406 g/mol. The smallest absolute Gasteiger partial charge is 0.232 e. The van der Waals surface area contributed by atoms with Gasteiger partial charge in [0.1, 0.15) is 11.5 Å². The highest BCUT2D eigenvalue weighted by Gasteiger charge is 2.10. The molecule has 0 aliphatic carbocycles. The van der Waals surface area contributed by atoms with Gasteiger partial charge in [-0.3, -0.25) is 4.79 Å². The van der Waals surface area contributed by atoms with Gasteiger partial charge in [0.25, 0.3) is 0 Å². The highest BCUT2D eigenvalue weighted by Crippen LogP contribution is 2.19. The van der Waals surface area contributed by atoms with Crippen molar-refractivity contribution in [3.63, 3.8) is 0 Å². The van der Waals surface area contributed by atoms with Gasteiger partial charge >= 0.3 is 0 Å². The second-order valence-electron chi connectivity index (χ2n) is 6.76. The second kappa shape index (κ2) is 10.5. The largest absolute Gasteiger partial charge is 0.361 e. The molecule has 3 rings (SSSR count). The third-order valence-corrected chi connectivity index (χ3v) is 5.54. The first-order valence-electron chi connectivity index (χ1n) is 9.47. The molecule has 0 fully saturated rings. The van der Waals surface area contributed by atoms with E-state index in [9.17, 15) is 4.79 Å². The molecule has 1 aromatic heterocycles. The Morgan fingerprint density at radius 2 is 1.93 bits per heavy atom. The van der Waals surface area contributed by atoms with Crippen LogP contribution in [0.5, 0.6) is 0 Å². The van der Waals surface area contributed by atoms with Crippen molar-refractivity contribution in [2.45, 2.75) is 18.6 Å². The van der Waals surface area contributed by atoms with Gasteiger partial charge in [0, 0.05) is 37.4 Å². The predicted molar refractivity (Wildman–Crippen MR) is 115 cm³/mol. The fourth-order valence-electron chi connectivity index (χ4n) is 2.83. The van der Waals surface area contributed by atoms with Crippen molar-refractivity contribution in [3.8, 4) is 17.3 Å². The standard InChI is InChI=1S/C23H23N3O2S/c1-26(23(27)17-29-16-19-11-9-18(15-24)10-12-19)13-5-8-21-14-22(25-28-21)20-6-3-2-4-7-20/h2-4,6-7,9-12,14H,5,8,13,16-17H2,1H3. The predicted octanol–water partition coefficient (Wildman–Crippen LogP) is 4.54. The third kappa shape index (κ3) is 6.23. The van der Waals surface area contributed by atoms with Gasteiger partial charge in [0.2, 0.25) is 5.91 Å². The van der Waals surface area contributed by atoms with Crippen LogP contribution >= 0.6 is 11.8 Å². The fraction of sp³-hybridized carbons (Fsp3) is 0.261. The molecule has 3 aromatic rings. The number of aryl methyl sites for hydroxylation is 1. The summed E-state index contributed by atoms with van der Waals surface area (Å²) in [4.78, 5) is 14.1. The lowest BCUT2D eigenvalue weighted by molar-refractivity contribution is -0.127. The Morgan fingerprint density at radius 1 is 1.17 bits per heavy atom. The minimum Gasteiger partial charge on any atom is -0.361 e. The SMILES string of the molecule is CN(CCCc1cc(-c2ccccc2)no1)C(=O)CSCc1ccc(C#N)cc1. The van der Waals surface area contributed by atoms with Gasteiger partial charge in [-0.2, -0.15) is 5.26 Å². The highest BCUT2D eigenvalue weighted by atomic mass is 32.2. The Labute approximate surface area is 175 Å². The zero-order valence-corrected chi connectivity index (χ0v) is 17.2. The van der Waals surface area contributed by atoms with E-state index in [1.54, 1.807) is 28.8 Å². The molecule has 0 radical (unpaired) electrons. The monoisotopic (exact) mass is 405 g/mol. The van der Waals surface area contributed by atoms with Gasteiger partial charge in [-0.05, 0) is 24.1 Å². The normalized spacial score (nSPS) is 10.5. The maximum atomic E-state index is 12.3. The van der Waals surface area contributed by atoms with E-state index in [1.165, 1.54) is 0 Å². The molecule has 0 aliphatic heterocycles. The lowest BCUT2D eigenvalue weighted by atomic mass is 10.1. The first-order valence-corrected chi connectivity index (χ1v) is 10.6. The van der Waals surface area contributed by atoms with E-state index in [1.807, 2.05) is 55.6 Å². The summed E-state index contributed by atoms with van der Waals surface area (Å²) < 4.78 is 5.41. The number of carbonyl (C=O) groups is 1. The van der Waals surface area contributed by atoms with Crippen LogP contribution in [0.25, 0.3) is 11.3 Å². The number of hydrogen-bond acceptors (Lipinski definition) is 5. The quantitative estimate of drug-likeness (QED) is 0.523. The van der Waals surface area contributed by atoms with E-state index in [-0.39, 0.29) is 5.91 Å². The Morgan fingerprint density at radius 3 is 2.66 bits per heavy atom. The van der Waals surface area contributed by atoms with Crippen LogP contribution in [0.1, 0.15) is 23.3 Å². The topological polar surface area (TPSA) is 70.1 Å². The first-order chi connectivity index (χ1) is 14.2. The van der Waals surface area contributed by atoms with Gasteiger partial charge in [0.15, 0.2) is 0 Å². The summed E-state index contributed by atoms with van der Waals surface area (Å²) in [7, 11) is 1.83. The summed E-state index contributed by atoms with van der Waals surface area (Å²) in [5.74, 6) is 2.15. The number of nitrogens with zero attached hydrogens (tertiary/aromatic N) is 3. The van der Waals surface area contributed by atoms with Crippen LogP contribution in [0.15, 0.2) is 65.2 Å². The molecule has 0 N–H and O–H groups in total. The molecule has 1 amide bonds. The van der Waals surface area contributed by atoms with Crippen LogP contribution in [-0.4, -0.2) is 35.3 Å². The molecule has 148 valence electrons. The molecule has 2 aromatic carbocycles. The van der Waals surface area contributed by atoms with Gasteiger partial charge in [0.05, 0.1) is 17.4 Å². The number of carbonyl (C=O) groups excluding carboxylic acids is 1. The highest BCUT2D eigenvalue weighted by molar-refractivity contribution is 7.99. The molecule has 0 atom stereocenters. The summed E-state index contributed by atoms with van der Waals surface area (Å²) in [6.45, 7) is 0.678. The molecular weight excluding hydrogens is 382 g/mol. The molecule has 0 bridgehead atoms. The van der Waals surface area contributed by atoms with Crippen molar-refractivity contribution in [2.24, 2.45) is 0 Å². The summed E-state index contributed by atoms with van der Waals surface area (Å²) in [6.07, 6.45) is 1.57. The van der Waals surface area contributed by atoms with Gasteiger partial charge in [-0.1, -0.05) is 47.6 Å². The minimum atomic E-state index is 0.117. The Hall–Kier alpha value is -3.04. The Kier molecular flexibility index (Phi) is 7.48. The van der Waals surface area contributed by atoms with Crippen LogP contribution in [0, 0.1) is 11.3 Å². The number of rotatable bonds is 9. The number of nitriles is 1. The van der Waals surface area contributed by atoms with E-state index in [0.29, 0.717) is 17.9 Å². The van der Waals surface area contributed by atoms with Crippen molar-refractivity contribution < 1.29 is 9.32 Å². The van der Waals surface area contributed by atoms with Crippen molar-refractivity contribution in [3.05, 3.63) is 77.6 Å². The number of hydrogen-bond donors (Lipinski definition) is 0. The molecule has 0 spiro atoms. The first kappa shape index (κ1) is 20.7. The van der Waals surface area contributed by atoms with Crippen molar-refractivity contribution >= 4 is 17.7 Å². The van der Waals surface area contributed by atoms with E-state index in [2.05, 4.69) is 11.2 Å². The minimum absolute atomic E-state index is 0.117. The molecule has 1 heterocycles. The maximum Gasteiger partial charge on any atom is 0.232 e. The molecule has 29 heavy (non-hydrogen) atoms. The molecule has 0 unspecified atom stereocenters. The number of thioether (sulfide) groups is 1. The Bertz CT molecular complexity index is 962. The second-order valence-corrected chi connectivity index (χ2v) is 7.75. The maximum absolute atomic E-state index is 12.3. The number of aromatic nitrogens is 1. The summed E-state index contributed by atoms with van der Waals surface area (Å²) in [6, 6.07) is 21.5. The fourth-order valence-corrected chi connectivity index (χ4v) is 3.76. The van der Waals surface area contributed by atoms with Crippen LogP contribution in [0.3, 0.4) is 0 Å². The van der Waals surface area contributed by atoms with Gasteiger partial charge in [-0.15, -0.1) is 11.8 Å². The molecule has 5 nitrogen and oxygen atoms in total. The van der Waals surface area contributed by atoms with Crippen LogP contribution < -0.4 is 0 Å². The van der Waals surface area contributed by atoms with Crippen LogP contribution in [-0.2, 0) is 17.0 Å². The van der Waals surface area contributed by atoms with E-state index >= 15 is 0 Å². The van der Waals surface area contributed by atoms with Crippen LogP contribution in [0.2, 0.25) is 0 Å². The van der Waals surface area contributed by atoms with Gasteiger partial charge in [-0.25, -0.2) is 0 Å². The number of amides is 1. The van der Waals surface area contributed by atoms with E-state index in [4.69, 9.17) is 9.78 Å². The molecule has 0 saturated carbocycles. The van der Waals surface area contributed by atoms with Crippen molar-refractivity contribution in [2.75, 3.05) is 19.3 Å². The van der Waals surface area contributed by atoms with E-state index in [0.717, 1.165) is 41.2 Å². The van der Waals surface area contributed by atoms with Crippen LogP contribution in [0.4, 0.5) is 0 Å². The lowest BCUT2D eigenvalue weighted by Crippen LogP contribution is -2.29. The zero-order valence-electron chi connectivity index (χ0n) is 16.4. The van der Waals surface area contributed by atoms with Gasteiger partial charge < -0.3 is 9.42 Å². The third-order valence-electron chi connectivity index (χ3n) is 4.55. The summed E-state index contributed by atoms with van der Waals surface area (Å²) >= 11 is 1.58. The van der Waals surface area contributed by atoms with Crippen molar-refractivity contribution in [1.29, 1.82) is 5.26 Å². The summed E-state index contributed by atoms with van der Waals surface area (Å²) in [5.41, 5.74) is 3.64. The van der Waals surface area contributed by atoms with Crippen molar-refractivity contribution in [1.82, 2.24) is 10.1 Å². The van der Waals surface area contributed by atoms with E-state index < -0.39 is 0 Å².